The van der Waals surface area contributed by atoms with Gasteiger partial charge in [-0.1, -0.05) is 0 Å². The Morgan fingerprint density at radius 2 is 1.96 bits per heavy atom. The van der Waals surface area contributed by atoms with Crippen molar-refractivity contribution in [3.05, 3.63) is 0 Å². The van der Waals surface area contributed by atoms with E-state index in [1.807, 2.05) is 5.43 Å². The van der Waals surface area contributed by atoms with Crippen molar-refractivity contribution in [1.29, 1.82) is 0 Å². The first-order chi connectivity index (χ1) is 10.2. The number of hydrogen-bond donors (Lipinski definition) is 3. The Morgan fingerprint density at radius 1 is 1.30 bits per heavy atom. The summed E-state index contributed by atoms with van der Waals surface area (Å²) in [6.07, 6.45) is -0.365. The summed E-state index contributed by atoms with van der Waals surface area (Å²) in [5.41, 5.74) is 4.06. The van der Waals surface area contributed by atoms with Gasteiger partial charge in [-0.15, -0.1) is 4.28 Å². The van der Waals surface area contributed by atoms with Crippen molar-refractivity contribution >= 4 is 58.0 Å². The predicted molar refractivity (Wildman–Crippen MR) is 74.2 cm³/mol. The van der Waals surface area contributed by atoms with Crippen LogP contribution in [0.15, 0.2) is 0 Å². The summed E-state index contributed by atoms with van der Waals surface area (Å²) in [4.78, 5) is 35.9. The van der Waals surface area contributed by atoms with Gasteiger partial charge in [0.05, 0.1) is 13.2 Å². The Labute approximate surface area is 153 Å². The van der Waals surface area contributed by atoms with Crippen molar-refractivity contribution < 1.29 is 36.4 Å². The molecule has 12 nitrogen and oxygen atoms in total. The number of hydrazine groups is 1. The Kier molecular flexibility index (Phi) is 6.61. The molecule has 2 rings (SSSR count). The number of carbonyl (C=O) groups is 3. The number of amides is 4. The molecule has 4 amide bonds. The van der Waals surface area contributed by atoms with Crippen LogP contribution in [0.5, 0.6) is 0 Å². The molecule has 0 spiro atoms. The fourth-order valence-corrected chi connectivity index (χ4v) is 2.74. The number of nitrogens with zero attached hydrogens (tertiary/aromatic N) is 2. The van der Waals surface area contributed by atoms with E-state index in [1.54, 1.807) is 0 Å². The second-order valence-electron chi connectivity index (χ2n) is 4.62. The molecule has 126 valence electrons. The fraction of sp³-hybridized carbons (Fsp3) is 0.667. The van der Waals surface area contributed by atoms with Crippen molar-refractivity contribution in [2.75, 3.05) is 13.7 Å². The summed E-state index contributed by atoms with van der Waals surface area (Å²) in [5.74, 6) is -0.661. The number of nitrogens with one attached hydrogen (secondary N) is 2. The molecule has 14 heteroatoms. The molecule has 0 unspecified atom stereocenters. The van der Waals surface area contributed by atoms with E-state index in [1.165, 1.54) is 0 Å². The van der Waals surface area contributed by atoms with Gasteiger partial charge < -0.3 is 9.64 Å². The molecule has 23 heavy (non-hydrogen) atoms. The van der Waals surface area contributed by atoms with Crippen molar-refractivity contribution in [3.63, 3.8) is 0 Å². The Morgan fingerprint density at radius 3 is 2.52 bits per heavy atom. The molecule has 2 bridgehead atoms. The van der Waals surface area contributed by atoms with E-state index in [4.69, 9.17) is 4.55 Å². The van der Waals surface area contributed by atoms with Gasteiger partial charge in [0.1, 0.15) is 6.04 Å². The van der Waals surface area contributed by atoms with Crippen molar-refractivity contribution in [1.82, 2.24) is 20.8 Å². The fourth-order valence-electron chi connectivity index (χ4n) is 2.35. The number of fused-ring (bicyclic) bond motifs is 2. The van der Waals surface area contributed by atoms with Gasteiger partial charge in [0, 0.05) is 6.54 Å². The first kappa shape index (κ1) is 19.9. The SMILES string of the molecule is COC(=O)NNC(=O)[C@@H]1CC[C@@H]2CN1C(=O)N2OS(=O)(=O)O.[NaH]. The zero-order valence-electron chi connectivity index (χ0n) is 11.4. The Bertz CT molecular complexity index is 598. The van der Waals surface area contributed by atoms with Gasteiger partial charge in [-0.25, -0.2) is 15.0 Å². The van der Waals surface area contributed by atoms with Crippen molar-refractivity contribution in [2.24, 2.45) is 0 Å². The number of urea groups is 1. The van der Waals surface area contributed by atoms with E-state index in [2.05, 4.69) is 14.4 Å². The molecule has 0 aromatic heterocycles. The second kappa shape index (κ2) is 7.63. The van der Waals surface area contributed by atoms with E-state index in [0.29, 0.717) is 5.06 Å². The van der Waals surface area contributed by atoms with Crippen LogP contribution in [0, 0.1) is 0 Å². The average Bonchev–Trinajstić information content (AvgIpc) is 2.68. The molecule has 3 N–H and O–H groups in total. The number of hydrogen-bond acceptors (Lipinski definition) is 7. The van der Waals surface area contributed by atoms with Crippen LogP contribution in [-0.4, -0.2) is 96.3 Å². The predicted octanol–water partition coefficient (Wildman–Crippen LogP) is -2.27. The van der Waals surface area contributed by atoms with Crippen LogP contribution < -0.4 is 10.9 Å². The first-order valence-electron chi connectivity index (χ1n) is 6.13. The molecule has 2 fully saturated rings. The van der Waals surface area contributed by atoms with E-state index >= 15 is 0 Å². The standard InChI is InChI=1S/C9H14N4O8S.Na.H/c1-20-8(15)11-10-7(14)6-3-2-5-4-12(6)9(16)13(5)21-22(17,18)19;;/h5-6H,2-4H2,1H3,(H,10,14)(H,11,15)(H,17,18,19);;/t5-,6+;;/m1../s1. The van der Waals surface area contributed by atoms with Gasteiger partial charge in [0.15, 0.2) is 0 Å². The number of ether oxygens (including phenoxy) is 1. The van der Waals surface area contributed by atoms with Crippen LogP contribution in [0.25, 0.3) is 0 Å². The summed E-state index contributed by atoms with van der Waals surface area (Å²) in [7, 11) is -3.73. The molecular weight excluding hydrogens is 347 g/mol. The van der Waals surface area contributed by atoms with Crippen LogP contribution in [-0.2, 0) is 24.2 Å². The molecular formula is C9H15N4NaO8S. The topological polar surface area (TPSA) is 155 Å². The number of carbonyl (C=O) groups excluding carboxylic acids is 3. The Balaban J connectivity index is 0.00000264. The number of hydroxylamine groups is 2. The van der Waals surface area contributed by atoms with Gasteiger partial charge in [-0.2, -0.15) is 13.5 Å². The number of methoxy groups -OCH3 is 1. The maximum atomic E-state index is 12.0. The summed E-state index contributed by atoms with van der Waals surface area (Å²) in [6, 6.07) is -2.36. The molecule has 2 heterocycles. The Hall–Kier alpha value is -1.12. The average molecular weight is 362 g/mol. The molecule has 0 aromatic carbocycles. The summed E-state index contributed by atoms with van der Waals surface area (Å²) < 4.78 is 38.6. The van der Waals surface area contributed by atoms with Crippen molar-refractivity contribution in [3.8, 4) is 0 Å². The third-order valence-corrected chi connectivity index (χ3v) is 3.62. The summed E-state index contributed by atoms with van der Waals surface area (Å²) in [5, 5.41) is 0.524. The number of piperidine rings is 1. The summed E-state index contributed by atoms with van der Waals surface area (Å²) in [6.45, 7) is 0.0602. The molecule has 0 aromatic rings. The summed E-state index contributed by atoms with van der Waals surface area (Å²) >= 11 is 0. The van der Waals surface area contributed by atoms with Crippen LogP contribution >= 0.6 is 0 Å². The second-order valence-corrected chi connectivity index (χ2v) is 5.62. The third-order valence-electron chi connectivity index (χ3n) is 3.27. The zero-order chi connectivity index (χ0) is 16.5. The minimum atomic E-state index is -4.84. The molecule has 2 atom stereocenters. The quantitative estimate of drug-likeness (QED) is 0.288. The van der Waals surface area contributed by atoms with Crippen molar-refractivity contribution in [2.45, 2.75) is 24.9 Å². The third kappa shape index (κ3) is 4.68. The van der Waals surface area contributed by atoms with Gasteiger partial charge in [0.2, 0.25) is 0 Å². The van der Waals surface area contributed by atoms with Crippen LogP contribution in [0.2, 0.25) is 0 Å². The molecule has 2 saturated heterocycles. The van der Waals surface area contributed by atoms with Gasteiger partial charge >= 0.3 is 52.1 Å². The van der Waals surface area contributed by atoms with E-state index < -0.39 is 40.5 Å². The van der Waals surface area contributed by atoms with E-state index in [9.17, 15) is 22.8 Å². The van der Waals surface area contributed by atoms with Gasteiger partial charge in [0.25, 0.3) is 5.91 Å². The molecule has 2 aliphatic rings. The molecule has 0 saturated carbocycles. The van der Waals surface area contributed by atoms with Gasteiger partial charge in [-0.05, 0) is 12.8 Å². The zero-order valence-corrected chi connectivity index (χ0v) is 12.2. The van der Waals surface area contributed by atoms with Gasteiger partial charge in [-0.3, -0.25) is 14.8 Å². The van der Waals surface area contributed by atoms with Crippen LogP contribution in [0.3, 0.4) is 0 Å². The monoisotopic (exact) mass is 362 g/mol. The normalized spacial score (nSPS) is 23.1. The first-order valence-corrected chi connectivity index (χ1v) is 7.50. The minimum absolute atomic E-state index is 0. The van der Waals surface area contributed by atoms with E-state index in [-0.39, 0.29) is 48.9 Å². The molecule has 2 aliphatic heterocycles. The van der Waals surface area contributed by atoms with E-state index in [0.717, 1.165) is 12.0 Å². The molecule has 0 aliphatic carbocycles. The number of rotatable bonds is 3. The van der Waals surface area contributed by atoms with Crippen LogP contribution in [0.1, 0.15) is 12.8 Å². The van der Waals surface area contributed by atoms with Crippen LogP contribution in [0.4, 0.5) is 9.59 Å². The maximum absolute atomic E-state index is 12.0. The molecule has 0 radical (unpaired) electrons.